The molecule has 0 aromatic heterocycles. The maximum absolute atomic E-state index is 11.2. The predicted molar refractivity (Wildman–Crippen MR) is 64.5 cm³/mol. The van der Waals surface area contributed by atoms with Crippen LogP contribution < -0.4 is 4.65 Å². The standard InChI is InChI=1S/C10H12BO5S/c1-17-7-3-2-6-4-5-11(14,15)16-9(6)8(7)10(12)13/h2-3,14-15H,4-5H2,1H3,(H,12,13)/q-1. The third kappa shape index (κ3) is 2.26. The third-order valence-corrected chi connectivity index (χ3v) is 3.51. The zero-order valence-corrected chi connectivity index (χ0v) is 10.0. The lowest BCUT2D eigenvalue weighted by molar-refractivity contribution is 0.0689. The van der Waals surface area contributed by atoms with Gasteiger partial charge in [0.05, 0.1) is 5.75 Å². The Morgan fingerprint density at radius 2 is 2.18 bits per heavy atom. The average Bonchev–Trinajstić information content (AvgIpc) is 2.25. The van der Waals surface area contributed by atoms with Gasteiger partial charge in [0.25, 0.3) is 0 Å². The Morgan fingerprint density at radius 1 is 1.47 bits per heavy atom. The van der Waals surface area contributed by atoms with E-state index in [1.165, 1.54) is 11.8 Å². The molecule has 0 aliphatic carbocycles. The second-order valence-electron chi connectivity index (χ2n) is 3.95. The summed E-state index contributed by atoms with van der Waals surface area (Å²) in [5.74, 6) is -1.04. The Balaban J connectivity index is 2.59. The number of carboxylic acid groups (broad SMARTS) is 1. The van der Waals surface area contributed by atoms with Gasteiger partial charge in [-0.15, -0.1) is 11.8 Å². The van der Waals surface area contributed by atoms with Crippen LogP contribution in [0, 0.1) is 0 Å². The van der Waals surface area contributed by atoms with Crippen LogP contribution in [0.1, 0.15) is 15.9 Å². The second-order valence-corrected chi connectivity index (χ2v) is 4.80. The highest BCUT2D eigenvalue weighted by atomic mass is 32.2. The maximum Gasteiger partial charge on any atom is 0.430 e. The summed E-state index contributed by atoms with van der Waals surface area (Å²) in [5.41, 5.74) is 0.699. The first kappa shape index (κ1) is 12.3. The van der Waals surface area contributed by atoms with Crippen molar-refractivity contribution in [2.75, 3.05) is 6.26 Å². The highest BCUT2D eigenvalue weighted by Gasteiger charge is 2.32. The first-order valence-electron chi connectivity index (χ1n) is 5.17. The molecule has 0 spiro atoms. The van der Waals surface area contributed by atoms with Crippen LogP contribution in [-0.4, -0.2) is 34.1 Å². The van der Waals surface area contributed by atoms with Gasteiger partial charge in [0, 0.05) is 4.90 Å². The predicted octanol–water partition coefficient (Wildman–Crippen LogP) is 0.965. The Hall–Kier alpha value is -1.18. The number of aryl methyl sites for hydroxylation is 1. The number of aromatic carboxylic acids is 1. The van der Waals surface area contributed by atoms with Crippen molar-refractivity contribution in [2.24, 2.45) is 0 Å². The lowest BCUT2D eigenvalue weighted by atomic mass is 9.70. The summed E-state index contributed by atoms with van der Waals surface area (Å²) in [6, 6.07) is 3.48. The van der Waals surface area contributed by atoms with Gasteiger partial charge in [-0.2, -0.15) is 0 Å². The third-order valence-electron chi connectivity index (χ3n) is 2.73. The SMILES string of the molecule is CSc1ccc2c(c1C(=O)O)O[B-](O)(O)CC2. The first-order chi connectivity index (χ1) is 7.94. The van der Waals surface area contributed by atoms with E-state index in [2.05, 4.69) is 0 Å². The van der Waals surface area contributed by atoms with Gasteiger partial charge >= 0.3 is 12.7 Å². The molecule has 0 saturated heterocycles. The minimum atomic E-state index is -2.93. The highest BCUT2D eigenvalue weighted by Crippen LogP contribution is 2.37. The second kappa shape index (κ2) is 4.25. The fourth-order valence-corrected chi connectivity index (χ4v) is 2.49. The van der Waals surface area contributed by atoms with Crippen LogP contribution in [0.4, 0.5) is 0 Å². The molecule has 92 valence electrons. The van der Waals surface area contributed by atoms with Crippen molar-refractivity contribution in [3.63, 3.8) is 0 Å². The molecule has 7 heteroatoms. The van der Waals surface area contributed by atoms with Crippen molar-refractivity contribution in [3.8, 4) is 5.75 Å². The van der Waals surface area contributed by atoms with Gasteiger partial charge in [-0.3, -0.25) is 0 Å². The molecule has 0 amide bonds. The zero-order chi connectivity index (χ0) is 12.6. The van der Waals surface area contributed by atoms with Crippen LogP contribution >= 0.6 is 11.8 Å². The molecule has 1 heterocycles. The minimum absolute atomic E-state index is 0.00375. The van der Waals surface area contributed by atoms with E-state index in [0.29, 0.717) is 16.9 Å². The van der Waals surface area contributed by atoms with Gasteiger partial charge in [0.1, 0.15) is 5.56 Å². The van der Waals surface area contributed by atoms with Crippen LogP contribution in [0.15, 0.2) is 17.0 Å². The van der Waals surface area contributed by atoms with E-state index in [1.807, 2.05) is 0 Å². The summed E-state index contributed by atoms with van der Waals surface area (Å²) in [6.07, 6.45) is 2.25. The van der Waals surface area contributed by atoms with Crippen LogP contribution in [0.2, 0.25) is 6.32 Å². The zero-order valence-electron chi connectivity index (χ0n) is 9.21. The quantitative estimate of drug-likeness (QED) is 0.539. The Kier molecular flexibility index (Phi) is 3.07. The van der Waals surface area contributed by atoms with E-state index in [-0.39, 0.29) is 17.6 Å². The van der Waals surface area contributed by atoms with E-state index < -0.39 is 12.7 Å². The molecule has 1 aromatic carbocycles. The van der Waals surface area contributed by atoms with Crippen molar-refractivity contribution < 1.29 is 24.6 Å². The number of fused-ring (bicyclic) bond motifs is 1. The monoisotopic (exact) mass is 255 g/mol. The number of benzene rings is 1. The molecule has 17 heavy (non-hydrogen) atoms. The molecule has 0 saturated carbocycles. The van der Waals surface area contributed by atoms with Gasteiger partial charge in [-0.25, -0.2) is 4.79 Å². The van der Waals surface area contributed by atoms with Crippen molar-refractivity contribution >= 4 is 24.5 Å². The van der Waals surface area contributed by atoms with Crippen LogP contribution in [0.25, 0.3) is 0 Å². The molecular formula is C10H12BO5S-. The van der Waals surface area contributed by atoms with Gasteiger partial charge in [-0.1, -0.05) is 12.4 Å². The van der Waals surface area contributed by atoms with Gasteiger partial charge in [0.15, 0.2) is 0 Å². The van der Waals surface area contributed by atoms with Gasteiger partial charge < -0.3 is 19.8 Å². The molecule has 0 bridgehead atoms. The number of carboxylic acids is 1. The Bertz CT molecular complexity index is 474. The van der Waals surface area contributed by atoms with E-state index in [4.69, 9.17) is 4.65 Å². The molecule has 3 N–H and O–H groups in total. The lowest BCUT2D eigenvalue weighted by Gasteiger charge is -2.37. The maximum atomic E-state index is 11.2. The Labute approximate surface area is 102 Å². The number of hydrogen-bond donors (Lipinski definition) is 3. The van der Waals surface area contributed by atoms with E-state index in [9.17, 15) is 19.9 Å². The van der Waals surface area contributed by atoms with Gasteiger partial charge in [0.2, 0.25) is 0 Å². The summed E-state index contributed by atoms with van der Waals surface area (Å²) in [4.78, 5) is 11.8. The van der Waals surface area contributed by atoms with E-state index in [1.54, 1.807) is 18.4 Å². The molecule has 0 radical (unpaired) electrons. The van der Waals surface area contributed by atoms with Crippen LogP contribution in [-0.2, 0) is 6.42 Å². The van der Waals surface area contributed by atoms with E-state index in [0.717, 1.165) is 0 Å². The Morgan fingerprint density at radius 3 is 2.76 bits per heavy atom. The normalized spacial score (nSPS) is 17.1. The van der Waals surface area contributed by atoms with Crippen molar-refractivity contribution in [2.45, 2.75) is 17.6 Å². The first-order valence-corrected chi connectivity index (χ1v) is 6.39. The molecule has 5 nitrogen and oxygen atoms in total. The fraction of sp³-hybridized carbons (Fsp3) is 0.300. The number of thioether (sulfide) groups is 1. The summed E-state index contributed by atoms with van der Waals surface area (Å²) in [7, 11) is 0. The molecule has 2 rings (SSSR count). The minimum Gasteiger partial charge on any atom is -0.669 e. The van der Waals surface area contributed by atoms with Gasteiger partial charge in [-0.05, 0) is 24.3 Å². The summed E-state index contributed by atoms with van der Waals surface area (Å²) < 4.78 is 5.03. The van der Waals surface area contributed by atoms with Crippen molar-refractivity contribution in [1.29, 1.82) is 0 Å². The number of rotatable bonds is 2. The lowest BCUT2D eigenvalue weighted by Crippen LogP contribution is -2.45. The summed E-state index contributed by atoms with van der Waals surface area (Å²) >= 11 is 1.28. The number of hydrogen-bond acceptors (Lipinski definition) is 5. The van der Waals surface area contributed by atoms with Crippen LogP contribution in [0.5, 0.6) is 5.75 Å². The molecule has 1 aliphatic rings. The highest BCUT2D eigenvalue weighted by molar-refractivity contribution is 7.98. The molecule has 0 unspecified atom stereocenters. The molecule has 1 aliphatic heterocycles. The molecule has 1 aromatic rings. The van der Waals surface area contributed by atoms with Crippen molar-refractivity contribution in [3.05, 3.63) is 23.3 Å². The fourth-order valence-electron chi connectivity index (χ4n) is 1.90. The topological polar surface area (TPSA) is 87.0 Å². The summed E-state index contributed by atoms with van der Waals surface area (Å²) in [5, 5.41) is 28.1. The molecule has 0 fully saturated rings. The van der Waals surface area contributed by atoms with Crippen LogP contribution in [0.3, 0.4) is 0 Å². The largest absolute Gasteiger partial charge is 0.669 e. The number of carbonyl (C=O) groups is 1. The average molecular weight is 255 g/mol. The molecule has 0 atom stereocenters. The van der Waals surface area contributed by atoms with E-state index >= 15 is 0 Å². The summed E-state index contributed by atoms with van der Waals surface area (Å²) in [6.45, 7) is -2.93. The smallest absolute Gasteiger partial charge is 0.430 e. The molecular weight excluding hydrogens is 243 g/mol. The van der Waals surface area contributed by atoms with Crippen molar-refractivity contribution in [1.82, 2.24) is 0 Å².